The average Bonchev–Trinajstić information content (AvgIpc) is 2.04. The maximum absolute atomic E-state index is 5.34. The van der Waals surface area contributed by atoms with Crippen molar-refractivity contribution in [2.45, 2.75) is 6.92 Å². The normalized spacial score (nSPS) is 16.8. The van der Waals surface area contributed by atoms with Gasteiger partial charge in [0.15, 0.2) is 0 Å². The lowest BCUT2D eigenvalue weighted by atomic mass is 10.2. The fourth-order valence-electron chi connectivity index (χ4n) is 1.02. The van der Waals surface area contributed by atoms with E-state index >= 15 is 0 Å². The Morgan fingerprint density at radius 1 is 1.73 bits per heavy atom. The van der Waals surface area contributed by atoms with Gasteiger partial charge in [0.2, 0.25) is 0 Å². The largest absolute Gasteiger partial charge is 0.490 e. The van der Waals surface area contributed by atoms with Crippen LogP contribution in [0.15, 0.2) is 36.3 Å². The van der Waals surface area contributed by atoms with E-state index in [0.717, 1.165) is 23.6 Å². The summed E-state index contributed by atoms with van der Waals surface area (Å²) in [4.78, 5) is 0. The van der Waals surface area contributed by atoms with Crippen LogP contribution in [0.3, 0.4) is 0 Å². The van der Waals surface area contributed by atoms with Gasteiger partial charge in [0, 0.05) is 6.54 Å². The van der Waals surface area contributed by atoms with E-state index < -0.39 is 0 Å². The van der Waals surface area contributed by atoms with Gasteiger partial charge in [-0.05, 0) is 18.6 Å². The number of allylic oxidation sites excluding steroid dienone is 2. The fourth-order valence-corrected chi connectivity index (χ4v) is 1.02. The maximum atomic E-state index is 5.34. The van der Waals surface area contributed by atoms with Crippen molar-refractivity contribution >= 4 is 0 Å². The molecule has 1 rings (SSSR count). The molecule has 1 aliphatic heterocycles. The molecule has 1 heterocycles. The molecule has 0 aromatic rings. The molecule has 0 spiro atoms. The molecule has 0 aromatic heterocycles. The van der Waals surface area contributed by atoms with Gasteiger partial charge in [0.05, 0.1) is 5.70 Å². The quantitative estimate of drug-likeness (QED) is 0.647. The fraction of sp³-hybridized carbons (Fsp3) is 0.333. The summed E-state index contributed by atoms with van der Waals surface area (Å²) in [5.41, 5.74) is 1.96. The van der Waals surface area contributed by atoms with Gasteiger partial charge in [0.25, 0.3) is 0 Å². The lowest BCUT2D eigenvalue weighted by Gasteiger charge is -2.20. The standard InChI is InChI=1S/C9H13NO/c1-4-8-9(7(2)3)10-5-6-11-8/h4,10H,1-2,5-6H2,3H3. The van der Waals surface area contributed by atoms with Crippen LogP contribution >= 0.6 is 0 Å². The molecule has 0 bridgehead atoms. The van der Waals surface area contributed by atoms with Gasteiger partial charge in [-0.25, -0.2) is 0 Å². The van der Waals surface area contributed by atoms with E-state index in [-0.39, 0.29) is 0 Å². The third kappa shape index (κ3) is 1.64. The lowest BCUT2D eigenvalue weighted by Crippen LogP contribution is -2.26. The summed E-state index contributed by atoms with van der Waals surface area (Å²) in [6.07, 6.45) is 1.70. The van der Waals surface area contributed by atoms with Crippen LogP contribution in [-0.2, 0) is 4.74 Å². The van der Waals surface area contributed by atoms with Crippen LogP contribution in [0.1, 0.15) is 6.92 Å². The van der Waals surface area contributed by atoms with Crippen LogP contribution in [0.25, 0.3) is 0 Å². The lowest BCUT2D eigenvalue weighted by molar-refractivity contribution is 0.205. The zero-order valence-electron chi connectivity index (χ0n) is 6.81. The van der Waals surface area contributed by atoms with Gasteiger partial charge in [-0.2, -0.15) is 0 Å². The van der Waals surface area contributed by atoms with Crippen molar-refractivity contribution in [3.63, 3.8) is 0 Å². The molecule has 1 aliphatic rings. The molecule has 0 fully saturated rings. The number of rotatable bonds is 2. The molecular formula is C9H13NO. The second-order valence-electron chi connectivity index (χ2n) is 2.50. The molecule has 0 saturated heterocycles. The van der Waals surface area contributed by atoms with Crippen molar-refractivity contribution in [1.82, 2.24) is 5.32 Å². The van der Waals surface area contributed by atoms with Gasteiger partial charge < -0.3 is 10.1 Å². The smallest absolute Gasteiger partial charge is 0.142 e. The van der Waals surface area contributed by atoms with E-state index in [4.69, 9.17) is 4.74 Å². The van der Waals surface area contributed by atoms with Crippen LogP contribution < -0.4 is 5.32 Å². The zero-order valence-corrected chi connectivity index (χ0v) is 6.81. The Balaban J connectivity index is 2.90. The van der Waals surface area contributed by atoms with Crippen LogP contribution in [0, 0.1) is 0 Å². The molecule has 1 N–H and O–H groups in total. The molecule has 0 aromatic carbocycles. The van der Waals surface area contributed by atoms with E-state index in [2.05, 4.69) is 18.5 Å². The van der Waals surface area contributed by atoms with Crippen molar-refractivity contribution in [3.8, 4) is 0 Å². The van der Waals surface area contributed by atoms with Crippen LogP contribution in [0.5, 0.6) is 0 Å². The molecular weight excluding hydrogens is 138 g/mol. The summed E-state index contributed by atoms with van der Waals surface area (Å²) in [6, 6.07) is 0. The SMILES string of the molecule is C=CC1=C(C(=C)C)NCCO1. The summed E-state index contributed by atoms with van der Waals surface area (Å²) in [5.74, 6) is 0.809. The monoisotopic (exact) mass is 151 g/mol. The highest BCUT2D eigenvalue weighted by atomic mass is 16.5. The number of hydrogen-bond acceptors (Lipinski definition) is 2. The third-order valence-electron chi connectivity index (χ3n) is 1.52. The van der Waals surface area contributed by atoms with Crippen molar-refractivity contribution in [1.29, 1.82) is 0 Å². The number of hydrogen-bond donors (Lipinski definition) is 1. The second kappa shape index (κ2) is 3.28. The average molecular weight is 151 g/mol. The molecule has 0 aliphatic carbocycles. The first-order chi connectivity index (χ1) is 5.25. The Kier molecular flexibility index (Phi) is 2.36. The van der Waals surface area contributed by atoms with Crippen molar-refractivity contribution < 1.29 is 4.74 Å². The van der Waals surface area contributed by atoms with E-state index in [9.17, 15) is 0 Å². The molecule has 0 atom stereocenters. The minimum absolute atomic E-state index is 0.706. The van der Waals surface area contributed by atoms with Gasteiger partial charge in [-0.3, -0.25) is 0 Å². The first-order valence-corrected chi connectivity index (χ1v) is 3.65. The highest BCUT2D eigenvalue weighted by Gasteiger charge is 2.10. The number of ether oxygens (including phenoxy) is 1. The minimum Gasteiger partial charge on any atom is -0.490 e. The Bertz CT molecular complexity index is 216. The van der Waals surface area contributed by atoms with Crippen molar-refractivity contribution in [2.75, 3.05) is 13.2 Å². The molecule has 11 heavy (non-hydrogen) atoms. The van der Waals surface area contributed by atoms with Crippen LogP contribution in [-0.4, -0.2) is 13.2 Å². The Labute approximate surface area is 67.2 Å². The maximum Gasteiger partial charge on any atom is 0.142 e. The van der Waals surface area contributed by atoms with Gasteiger partial charge in [-0.1, -0.05) is 13.2 Å². The van der Waals surface area contributed by atoms with Crippen molar-refractivity contribution in [3.05, 3.63) is 36.3 Å². The Morgan fingerprint density at radius 2 is 2.45 bits per heavy atom. The minimum atomic E-state index is 0.706. The van der Waals surface area contributed by atoms with Crippen LogP contribution in [0.4, 0.5) is 0 Å². The first-order valence-electron chi connectivity index (χ1n) is 3.65. The number of nitrogens with one attached hydrogen (secondary N) is 1. The van der Waals surface area contributed by atoms with Gasteiger partial charge >= 0.3 is 0 Å². The third-order valence-corrected chi connectivity index (χ3v) is 1.52. The van der Waals surface area contributed by atoms with Gasteiger partial charge in [-0.15, -0.1) is 0 Å². The van der Waals surface area contributed by atoms with Crippen LogP contribution in [0.2, 0.25) is 0 Å². The molecule has 2 nitrogen and oxygen atoms in total. The summed E-state index contributed by atoms with van der Waals surface area (Å²) >= 11 is 0. The molecule has 0 amide bonds. The summed E-state index contributed by atoms with van der Waals surface area (Å²) in [5, 5.41) is 3.20. The second-order valence-corrected chi connectivity index (χ2v) is 2.50. The topological polar surface area (TPSA) is 21.3 Å². The predicted molar refractivity (Wildman–Crippen MR) is 46.0 cm³/mol. The van der Waals surface area contributed by atoms with Crippen molar-refractivity contribution in [2.24, 2.45) is 0 Å². The Hall–Kier alpha value is -1.18. The van der Waals surface area contributed by atoms with Gasteiger partial charge in [0.1, 0.15) is 12.4 Å². The van der Waals surface area contributed by atoms with E-state index in [1.54, 1.807) is 6.08 Å². The molecule has 0 saturated carbocycles. The molecule has 0 radical (unpaired) electrons. The highest BCUT2D eigenvalue weighted by molar-refractivity contribution is 5.33. The van der Waals surface area contributed by atoms with E-state index in [1.807, 2.05) is 6.92 Å². The highest BCUT2D eigenvalue weighted by Crippen LogP contribution is 2.14. The molecule has 60 valence electrons. The Morgan fingerprint density at radius 3 is 2.91 bits per heavy atom. The first kappa shape index (κ1) is 7.92. The van der Waals surface area contributed by atoms with E-state index in [1.165, 1.54) is 0 Å². The summed E-state index contributed by atoms with van der Waals surface area (Å²) < 4.78 is 5.34. The predicted octanol–water partition coefficient (Wildman–Crippen LogP) is 1.58. The van der Waals surface area contributed by atoms with E-state index in [0.29, 0.717) is 6.61 Å². The molecule has 2 heteroatoms. The summed E-state index contributed by atoms with van der Waals surface area (Å²) in [7, 11) is 0. The molecule has 0 unspecified atom stereocenters. The zero-order chi connectivity index (χ0) is 8.27. The summed E-state index contributed by atoms with van der Waals surface area (Å²) in [6.45, 7) is 11.0.